The van der Waals surface area contributed by atoms with Gasteiger partial charge in [0.25, 0.3) is 0 Å². The number of aromatic nitrogens is 4. The molecule has 0 saturated carbocycles. The van der Waals surface area contributed by atoms with E-state index in [1.165, 1.54) is 0 Å². The number of nitrogens with one attached hydrogen (secondary N) is 2. The first kappa shape index (κ1) is 15.4. The molecule has 1 aliphatic heterocycles. The summed E-state index contributed by atoms with van der Waals surface area (Å²) in [6.07, 6.45) is 2.54. The molecule has 1 fully saturated rings. The van der Waals surface area contributed by atoms with Crippen LogP contribution in [0.2, 0.25) is 0 Å². The van der Waals surface area contributed by atoms with Gasteiger partial charge in [0.15, 0.2) is 5.82 Å². The van der Waals surface area contributed by atoms with Crippen LogP contribution in [-0.2, 0) is 11.3 Å². The third kappa shape index (κ3) is 3.84. The van der Waals surface area contributed by atoms with Crippen LogP contribution < -0.4 is 5.32 Å². The average Bonchev–Trinajstić information content (AvgIpc) is 2.95. The molecular formula is C15H20N6O2. The van der Waals surface area contributed by atoms with Crippen LogP contribution in [0, 0.1) is 0 Å². The molecule has 1 aliphatic rings. The molecule has 1 saturated heterocycles. The summed E-state index contributed by atoms with van der Waals surface area (Å²) >= 11 is 0. The van der Waals surface area contributed by atoms with E-state index in [0.29, 0.717) is 43.6 Å². The summed E-state index contributed by atoms with van der Waals surface area (Å²) in [5, 5.41) is 9.82. The predicted molar refractivity (Wildman–Crippen MR) is 83.5 cm³/mol. The maximum Gasteiger partial charge on any atom is 0.318 e. The van der Waals surface area contributed by atoms with Gasteiger partial charge in [-0.1, -0.05) is 6.07 Å². The zero-order valence-electron chi connectivity index (χ0n) is 13.0. The molecule has 1 unspecified atom stereocenters. The topological polar surface area (TPSA) is 96.0 Å². The fourth-order valence-electron chi connectivity index (χ4n) is 2.44. The molecular weight excluding hydrogens is 296 g/mol. The first-order valence-corrected chi connectivity index (χ1v) is 7.69. The molecule has 2 aromatic rings. The highest BCUT2D eigenvalue weighted by molar-refractivity contribution is 5.74. The van der Waals surface area contributed by atoms with Crippen LogP contribution in [0.1, 0.15) is 19.2 Å². The molecule has 8 nitrogen and oxygen atoms in total. The minimum atomic E-state index is -0.112. The SMILES string of the molecule is CC1CCOCCN1C(=O)NCc1nc(-c2ccccn2)n[nH]1. The third-order valence-corrected chi connectivity index (χ3v) is 3.78. The van der Waals surface area contributed by atoms with Gasteiger partial charge in [0.1, 0.15) is 11.5 Å². The average molecular weight is 316 g/mol. The van der Waals surface area contributed by atoms with Gasteiger partial charge in [-0.15, -0.1) is 0 Å². The van der Waals surface area contributed by atoms with E-state index in [0.717, 1.165) is 6.42 Å². The molecule has 122 valence electrons. The van der Waals surface area contributed by atoms with Crippen molar-refractivity contribution in [3.8, 4) is 11.5 Å². The number of nitrogens with zero attached hydrogens (tertiary/aromatic N) is 4. The van der Waals surface area contributed by atoms with Crippen LogP contribution in [0.15, 0.2) is 24.4 Å². The normalized spacial score (nSPS) is 18.5. The second-order valence-corrected chi connectivity index (χ2v) is 5.42. The highest BCUT2D eigenvalue weighted by Crippen LogP contribution is 2.11. The van der Waals surface area contributed by atoms with Gasteiger partial charge in [0.05, 0.1) is 13.2 Å². The molecule has 0 aliphatic carbocycles. The second kappa shape index (κ2) is 7.19. The smallest absolute Gasteiger partial charge is 0.318 e. The van der Waals surface area contributed by atoms with Gasteiger partial charge >= 0.3 is 6.03 Å². The Labute approximate surface area is 134 Å². The molecule has 0 radical (unpaired) electrons. The summed E-state index contributed by atoms with van der Waals surface area (Å²) in [5.41, 5.74) is 0.694. The van der Waals surface area contributed by atoms with Crippen molar-refractivity contribution < 1.29 is 9.53 Å². The van der Waals surface area contributed by atoms with Crippen molar-refractivity contribution in [2.24, 2.45) is 0 Å². The minimum absolute atomic E-state index is 0.112. The van der Waals surface area contributed by atoms with Crippen LogP contribution >= 0.6 is 0 Å². The summed E-state index contributed by atoms with van der Waals surface area (Å²) in [7, 11) is 0. The van der Waals surface area contributed by atoms with Crippen molar-refractivity contribution in [2.75, 3.05) is 19.8 Å². The Bertz CT molecular complexity index is 644. The number of ether oxygens (including phenoxy) is 1. The van der Waals surface area contributed by atoms with Crippen molar-refractivity contribution >= 4 is 6.03 Å². The standard InChI is InChI=1S/C15H20N6O2/c1-11-5-8-23-9-7-21(11)15(22)17-10-13-18-14(20-19-13)12-4-2-3-6-16-12/h2-4,6,11H,5,7-10H2,1H3,(H,17,22)(H,18,19,20). The van der Waals surface area contributed by atoms with Crippen molar-refractivity contribution in [1.29, 1.82) is 0 Å². The highest BCUT2D eigenvalue weighted by atomic mass is 16.5. The number of amides is 2. The molecule has 2 amide bonds. The number of urea groups is 1. The Kier molecular flexibility index (Phi) is 4.82. The molecule has 8 heteroatoms. The molecule has 0 bridgehead atoms. The van der Waals surface area contributed by atoms with E-state index in [-0.39, 0.29) is 12.1 Å². The lowest BCUT2D eigenvalue weighted by atomic mass is 10.2. The van der Waals surface area contributed by atoms with Crippen LogP contribution in [-0.4, -0.2) is 56.9 Å². The number of rotatable bonds is 3. The maximum atomic E-state index is 12.3. The Morgan fingerprint density at radius 1 is 1.48 bits per heavy atom. The van der Waals surface area contributed by atoms with Crippen LogP contribution in [0.3, 0.4) is 0 Å². The number of carbonyl (C=O) groups excluding carboxylic acids is 1. The van der Waals surface area contributed by atoms with Crippen LogP contribution in [0.5, 0.6) is 0 Å². The van der Waals surface area contributed by atoms with E-state index in [1.54, 1.807) is 11.1 Å². The lowest BCUT2D eigenvalue weighted by Crippen LogP contribution is -2.45. The summed E-state index contributed by atoms with van der Waals surface area (Å²) < 4.78 is 5.40. The van der Waals surface area contributed by atoms with Gasteiger partial charge in [-0.05, 0) is 25.5 Å². The number of carbonyl (C=O) groups is 1. The van der Waals surface area contributed by atoms with E-state index in [9.17, 15) is 4.79 Å². The van der Waals surface area contributed by atoms with Gasteiger partial charge in [0, 0.05) is 25.4 Å². The molecule has 3 heterocycles. The largest absolute Gasteiger partial charge is 0.380 e. The second-order valence-electron chi connectivity index (χ2n) is 5.42. The van der Waals surface area contributed by atoms with E-state index in [1.807, 2.05) is 25.1 Å². The quantitative estimate of drug-likeness (QED) is 0.886. The summed E-state index contributed by atoms with van der Waals surface area (Å²) in [6.45, 7) is 4.19. The minimum Gasteiger partial charge on any atom is -0.380 e. The van der Waals surface area contributed by atoms with Crippen molar-refractivity contribution in [3.63, 3.8) is 0 Å². The van der Waals surface area contributed by atoms with E-state index < -0.39 is 0 Å². The first-order chi connectivity index (χ1) is 11.2. The predicted octanol–water partition coefficient (Wildman–Crippen LogP) is 1.19. The van der Waals surface area contributed by atoms with Crippen molar-refractivity contribution in [1.82, 2.24) is 30.4 Å². The maximum absolute atomic E-state index is 12.3. The molecule has 0 spiro atoms. The highest BCUT2D eigenvalue weighted by Gasteiger charge is 2.22. The summed E-state index contributed by atoms with van der Waals surface area (Å²) in [6, 6.07) is 5.60. The lowest BCUT2D eigenvalue weighted by Gasteiger charge is -2.26. The summed E-state index contributed by atoms with van der Waals surface area (Å²) in [4.78, 5) is 22.6. The zero-order chi connectivity index (χ0) is 16.1. The number of hydrogen-bond donors (Lipinski definition) is 2. The summed E-state index contributed by atoms with van der Waals surface area (Å²) in [5.74, 6) is 1.11. The monoisotopic (exact) mass is 316 g/mol. The number of pyridine rings is 1. The zero-order valence-corrected chi connectivity index (χ0v) is 13.0. The van der Waals surface area contributed by atoms with Crippen molar-refractivity contribution in [3.05, 3.63) is 30.2 Å². The van der Waals surface area contributed by atoms with Gasteiger partial charge < -0.3 is 15.0 Å². The van der Waals surface area contributed by atoms with Crippen LogP contribution in [0.4, 0.5) is 4.79 Å². The van der Waals surface area contributed by atoms with Crippen molar-refractivity contribution in [2.45, 2.75) is 25.9 Å². The lowest BCUT2D eigenvalue weighted by molar-refractivity contribution is 0.142. The molecule has 23 heavy (non-hydrogen) atoms. The van der Waals surface area contributed by atoms with Gasteiger partial charge in [0.2, 0.25) is 0 Å². The van der Waals surface area contributed by atoms with Gasteiger partial charge in [-0.25, -0.2) is 9.78 Å². The van der Waals surface area contributed by atoms with E-state index in [2.05, 4.69) is 25.5 Å². The fraction of sp³-hybridized carbons (Fsp3) is 0.467. The van der Waals surface area contributed by atoms with E-state index >= 15 is 0 Å². The van der Waals surface area contributed by atoms with Crippen LogP contribution in [0.25, 0.3) is 11.5 Å². The third-order valence-electron chi connectivity index (χ3n) is 3.78. The Balaban J connectivity index is 1.58. The van der Waals surface area contributed by atoms with E-state index in [4.69, 9.17) is 4.74 Å². The first-order valence-electron chi connectivity index (χ1n) is 7.69. The molecule has 3 rings (SSSR count). The molecule has 0 aromatic carbocycles. The van der Waals surface area contributed by atoms with Gasteiger partial charge in [-0.2, -0.15) is 5.10 Å². The van der Waals surface area contributed by atoms with Gasteiger partial charge in [-0.3, -0.25) is 10.1 Å². The Morgan fingerprint density at radius 2 is 2.39 bits per heavy atom. The number of aromatic amines is 1. The number of hydrogen-bond acceptors (Lipinski definition) is 5. The number of H-pyrrole nitrogens is 1. The molecule has 1 atom stereocenters. The Morgan fingerprint density at radius 3 is 3.22 bits per heavy atom. The fourth-order valence-corrected chi connectivity index (χ4v) is 2.44. The Hall–Kier alpha value is -2.48. The molecule has 2 aromatic heterocycles. The molecule has 2 N–H and O–H groups in total.